The van der Waals surface area contributed by atoms with Gasteiger partial charge in [-0.3, -0.25) is 4.79 Å². The smallest absolute Gasteiger partial charge is 0.317 e. The van der Waals surface area contributed by atoms with E-state index in [1.807, 2.05) is 37.3 Å². The Balaban J connectivity index is 3.17. The van der Waals surface area contributed by atoms with E-state index in [-0.39, 0.29) is 12.5 Å². The van der Waals surface area contributed by atoms with E-state index >= 15 is 0 Å². The lowest BCUT2D eigenvalue weighted by atomic mass is 9.78. The number of hydrogen-bond acceptors (Lipinski definition) is 3. The summed E-state index contributed by atoms with van der Waals surface area (Å²) in [5.41, 5.74) is 5.95. The lowest BCUT2D eigenvalue weighted by Gasteiger charge is -2.28. The van der Waals surface area contributed by atoms with Crippen LogP contribution in [0.5, 0.6) is 0 Å². The third kappa shape index (κ3) is 2.02. The van der Waals surface area contributed by atoms with E-state index < -0.39 is 5.41 Å². The van der Waals surface area contributed by atoms with Crippen LogP contribution in [0.1, 0.15) is 18.9 Å². The summed E-state index contributed by atoms with van der Waals surface area (Å²) in [6.07, 6.45) is 0.639. The van der Waals surface area contributed by atoms with Gasteiger partial charge in [-0.2, -0.15) is 0 Å². The summed E-state index contributed by atoms with van der Waals surface area (Å²) in [7, 11) is 1.39. The fraction of sp³-hybridized carbons (Fsp3) is 0.417. The molecule has 0 heterocycles. The molecule has 0 aliphatic heterocycles. The summed E-state index contributed by atoms with van der Waals surface area (Å²) in [5, 5.41) is 0. The van der Waals surface area contributed by atoms with E-state index in [9.17, 15) is 4.79 Å². The third-order valence-corrected chi connectivity index (χ3v) is 2.85. The van der Waals surface area contributed by atoms with Crippen LogP contribution in [-0.4, -0.2) is 19.6 Å². The maximum absolute atomic E-state index is 11.8. The highest BCUT2D eigenvalue weighted by molar-refractivity contribution is 5.83. The second-order valence-electron chi connectivity index (χ2n) is 3.50. The van der Waals surface area contributed by atoms with Crippen molar-refractivity contribution in [2.24, 2.45) is 5.73 Å². The number of benzene rings is 1. The Morgan fingerprint density at radius 1 is 1.40 bits per heavy atom. The summed E-state index contributed by atoms with van der Waals surface area (Å²) in [6.45, 7) is 2.21. The van der Waals surface area contributed by atoms with Crippen LogP contribution in [0.4, 0.5) is 0 Å². The van der Waals surface area contributed by atoms with Gasteiger partial charge >= 0.3 is 5.97 Å². The van der Waals surface area contributed by atoms with Crippen molar-refractivity contribution < 1.29 is 9.53 Å². The average Bonchev–Trinajstić information content (AvgIpc) is 2.32. The summed E-state index contributed by atoms with van der Waals surface area (Å²) in [5.74, 6) is -0.265. The molecule has 0 saturated heterocycles. The fourth-order valence-corrected chi connectivity index (χ4v) is 1.76. The molecule has 82 valence electrons. The van der Waals surface area contributed by atoms with Gasteiger partial charge in [-0.1, -0.05) is 37.3 Å². The second-order valence-corrected chi connectivity index (χ2v) is 3.50. The molecular formula is C12H17NO2. The van der Waals surface area contributed by atoms with E-state index in [4.69, 9.17) is 10.5 Å². The molecule has 1 aromatic carbocycles. The third-order valence-electron chi connectivity index (χ3n) is 2.85. The van der Waals surface area contributed by atoms with Crippen LogP contribution in [0.25, 0.3) is 0 Å². The molecule has 0 saturated carbocycles. The van der Waals surface area contributed by atoms with Crippen LogP contribution >= 0.6 is 0 Å². The molecule has 0 aliphatic rings. The van der Waals surface area contributed by atoms with E-state index in [1.54, 1.807) is 0 Å². The minimum atomic E-state index is -0.698. The minimum absolute atomic E-state index is 0.264. The zero-order valence-electron chi connectivity index (χ0n) is 9.19. The molecule has 0 bridgehead atoms. The molecule has 0 spiro atoms. The molecule has 15 heavy (non-hydrogen) atoms. The quantitative estimate of drug-likeness (QED) is 0.760. The van der Waals surface area contributed by atoms with E-state index in [1.165, 1.54) is 7.11 Å². The average molecular weight is 207 g/mol. The maximum atomic E-state index is 11.8. The number of nitrogens with two attached hydrogens (primary N) is 1. The van der Waals surface area contributed by atoms with Gasteiger partial charge in [0.2, 0.25) is 0 Å². The predicted molar refractivity (Wildman–Crippen MR) is 59.5 cm³/mol. The second kappa shape index (κ2) is 4.94. The fourth-order valence-electron chi connectivity index (χ4n) is 1.76. The van der Waals surface area contributed by atoms with Gasteiger partial charge in [0.25, 0.3) is 0 Å². The van der Waals surface area contributed by atoms with Gasteiger partial charge in [-0.25, -0.2) is 0 Å². The highest BCUT2D eigenvalue weighted by Crippen LogP contribution is 2.28. The molecule has 0 aromatic heterocycles. The lowest BCUT2D eigenvalue weighted by molar-refractivity contribution is -0.147. The number of carbonyl (C=O) groups excluding carboxylic acids is 1. The Bertz CT molecular complexity index is 318. The van der Waals surface area contributed by atoms with Crippen molar-refractivity contribution in [2.45, 2.75) is 18.8 Å². The number of esters is 1. The van der Waals surface area contributed by atoms with Gasteiger partial charge in [0.1, 0.15) is 5.41 Å². The van der Waals surface area contributed by atoms with Crippen molar-refractivity contribution in [2.75, 3.05) is 13.7 Å². The van der Waals surface area contributed by atoms with Crippen LogP contribution in [0.2, 0.25) is 0 Å². The number of rotatable bonds is 4. The van der Waals surface area contributed by atoms with Gasteiger partial charge in [0.05, 0.1) is 7.11 Å². The monoisotopic (exact) mass is 207 g/mol. The highest BCUT2D eigenvalue weighted by Gasteiger charge is 2.38. The van der Waals surface area contributed by atoms with Crippen LogP contribution in [0.3, 0.4) is 0 Å². The largest absolute Gasteiger partial charge is 0.468 e. The molecule has 3 heteroatoms. The van der Waals surface area contributed by atoms with Crippen molar-refractivity contribution >= 4 is 5.97 Å². The SMILES string of the molecule is CC[C@](CN)(C(=O)OC)c1ccccc1. The Morgan fingerprint density at radius 2 is 2.00 bits per heavy atom. The van der Waals surface area contributed by atoms with Gasteiger partial charge in [0.15, 0.2) is 0 Å². The Labute approximate surface area is 90.2 Å². The van der Waals surface area contributed by atoms with Gasteiger partial charge in [0, 0.05) is 6.54 Å². The van der Waals surface area contributed by atoms with Crippen LogP contribution < -0.4 is 5.73 Å². The summed E-state index contributed by atoms with van der Waals surface area (Å²) >= 11 is 0. The van der Waals surface area contributed by atoms with Gasteiger partial charge in [-0.15, -0.1) is 0 Å². The van der Waals surface area contributed by atoms with Gasteiger partial charge < -0.3 is 10.5 Å². The van der Waals surface area contributed by atoms with Crippen molar-refractivity contribution in [3.8, 4) is 0 Å². The van der Waals surface area contributed by atoms with Crippen LogP contribution in [0.15, 0.2) is 30.3 Å². The molecule has 3 nitrogen and oxygen atoms in total. The molecule has 0 radical (unpaired) electrons. The van der Waals surface area contributed by atoms with Crippen molar-refractivity contribution in [1.82, 2.24) is 0 Å². The van der Waals surface area contributed by atoms with E-state index in [0.717, 1.165) is 5.56 Å². The molecule has 2 N–H and O–H groups in total. The first-order chi connectivity index (χ1) is 7.21. The number of methoxy groups -OCH3 is 1. The first-order valence-electron chi connectivity index (χ1n) is 5.05. The molecule has 1 rings (SSSR count). The zero-order chi connectivity index (χ0) is 11.3. The number of hydrogen-bond donors (Lipinski definition) is 1. The summed E-state index contributed by atoms with van der Waals surface area (Å²) in [6, 6.07) is 9.54. The molecule has 0 aliphatic carbocycles. The summed E-state index contributed by atoms with van der Waals surface area (Å²) in [4.78, 5) is 11.8. The number of ether oxygens (including phenoxy) is 1. The number of carbonyl (C=O) groups is 1. The van der Waals surface area contributed by atoms with E-state index in [0.29, 0.717) is 6.42 Å². The Kier molecular flexibility index (Phi) is 3.86. The molecule has 1 aromatic rings. The standard InChI is InChI=1S/C12H17NO2/c1-3-12(9-13,11(14)15-2)10-7-5-4-6-8-10/h4-8H,3,9,13H2,1-2H3/t12-/m1/s1. The molecule has 0 amide bonds. The highest BCUT2D eigenvalue weighted by atomic mass is 16.5. The molecule has 0 fully saturated rings. The van der Waals surface area contributed by atoms with E-state index in [2.05, 4.69) is 0 Å². The van der Waals surface area contributed by atoms with Gasteiger partial charge in [-0.05, 0) is 12.0 Å². The minimum Gasteiger partial charge on any atom is -0.468 e. The van der Waals surface area contributed by atoms with Crippen molar-refractivity contribution in [3.05, 3.63) is 35.9 Å². The normalized spacial score (nSPS) is 14.3. The van der Waals surface area contributed by atoms with Crippen LogP contribution in [-0.2, 0) is 14.9 Å². The topological polar surface area (TPSA) is 52.3 Å². The Morgan fingerprint density at radius 3 is 2.40 bits per heavy atom. The van der Waals surface area contributed by atoms with Crippen molar-refractivity contribution in [1.29, 1.82) is 0 Å². The summed E-state index contributed by atoms with van der Waals surface area (Å²) < 4.78 is 4.83. The first-order valence-corrected chi connectivity index (χ1v) is 5.05. The predicted octanol–water partition coefficient (Wildman–Crippen LogP) is 1.47. The molecule has 1 atom stereocenters. The first kappa shape index (κ1) is 11.7. The Hall–Kier alpha value is -1.35. The van der Waals surface area contributed by atoms with Crippen molar-refractivity contribution in [3.63, 3.8) is 0 Å². The molecular weight excluding hydrogens is 190 g/mol. The molecule has 0 unspecified atom stereocenters. The zero-order valence-corrected chi connectivity index (χ0v) is 9.19. The van der Waals surface area contributed by atoms with Crippen LogP contribution in [0, 0.1) is 0 Å². The lowest BCUT2D eigenvalue weighted by Crippen LogP contribution is -2.43. The maximum Gasteiger partial charge on any atom is 0.317 e.